The fourth-order valence-corrected chi connectivity index (χ4v) is 1.23. The molecule has 0 amide bonds. The number of ether oxygens (including phenoxy) is 1. The number of hydrogen-bond acceptors (Lipinski definition) is 4. The van der Waals surface area contributed by atoms with E-state index in [1.807, 2.05) is 0 Å². The zero-order valence-electron chi connectivity index (χ0n) is 7.24. The highest BCUT2D eigenvalue weighted by Gasteiger charge is 2.22. The van der Waals surface area contributed by atoms with Crippen LogP contribution in [0.4, 0.5) is 8.78 Å². The van der Waals surface area contributed by atoms with Crippen molar-refractivity contribution in [3.8, 4) is 0 Å². The van der Waals surface area contributed by atoms with Crippen LogP contribution in [0.2, 0.25) is 0 Å². The van der Waals surface area contributed by atoms with Gasteiger partial charge >= 0.3 is 5.97 Å². The first-order chi connectivity index (χ1) is 6.29. The fourth-order valence-electron chi connectivity index (χ4n) is 0.608. The number of allylic oxidation sites excluding steroid dienone is 1. The lowest BCUT2D eigenvalue weighted by atomic mass is 10.5. The SMILES string of the molecule is CC=C(C(=O)OCC(F)F)S(N)(=O)=O. The summed E-state index contributed by atoms with van der Waals surface area (Å²) in [7, 11) is -4.22. The van der Waals surface area contributed by atoms with Crippen LogP contribution < -0.4 is 5.14 Å². The zero-order chi connectivity index (χ0) is 11.4. The third-order valence-electron chi connectivity index (χ3n) is 1.11. The van der Waals surface area contributed by atoms with Crippen LogP contribution in [-0.4, -0.2) is 27.4 Å². The summed E-state index contributed by atoms with van der Waals surface area (Å²) in [6.07, 6.45) is -1.97. The summed E-state index contributed by atoms with van der Waals surface area (Å²) in [6.45, 7) is 0.0646. The van der Waals surface area contributed by atoms with E-state index < -0.39 is 33.9 Å². The maximum absolute atomic E-state index is 11.6. The van der Waals surface area contributed by atoms with Gasteiger partial charge in [0.25, 0.3) is 6.43 Å². The van der Waals surface area contributed by atoms with E-state index in [0.717, 1.165) is 6.08 Å². The maximum Gasteiger partial charge on any atom is 0.351 e. The van der Waals surface area contributed by atoms with Crippen molar-refractivity contribution in [2.45, 2.75) is 13.3 Å². The molecule has 14 heavy (non-hydrogen) atoms. The number of nitrogens with two attached hydrogens (primary N) is 1. The Hall–Kier alpha value is -1.02. The van der Waals surface area contributed by atoms with Gasteiger partial charge < -0.3 is 4.74 Å². The minimum absolute atomic E-state index is 0.835. The molecule has 8 heteroatoms. The van der Waals surface area contributed by atoms with Gasteiger partial charge in [0.05, 0.1) is 0 Å². The molecule has 0 bridgehead atoms. The second kappa shape index (κ2) is 5.01. The molecule has 0 aromatic heterocycles. The van der Waals surface area contributed by atoms with Crippen LogP contribution in [0.1, 0.15) is 6.92 Å². The van der Waals surface area contributed by atoms with Gasteiger partial charge in [-0.2, -0.15) is 0 Å². The largest absolute Gasteiger partial charge is 0.455 e. The Kier molecular flexibility index (Phi) is 4.64. The number of rotatable bonds is 4. The Balaban J connectivity index is 4.53. The van der Waals surface area contributed by atoms with Gasteiger partial charge in [-0.15, -0.1) is 0 Å². The molecule has 0 aliphatic heterocycles. The Labute approximate surface area is 79.6 Å². The fraction of sp³-hybridized carbons (Fsp3) is 0.500. The molecule has 0 aliphatic rings. The number of esters is 1. The molecule has 0 aromatic rings. The standard InChI is InChI=1S/C6H9F2NO4S/c1-2-4(14(9,11)12)6(10)13-3-5(7)8/h2,5H,3H2,1H3,(H2,9,11,12). The van der Waals surface area contributed by atoms with Gasteiger partial charge in [0.2, 0.25) is 10.0 Å². The molecule has 2 N–H and O–H groups in total. The van der Waals surface area contributed by atoms with Crippen molar-refractivity contribution in [1.29, 1.82) is 0 Å². The first kappa shape index (κ1) is 13.0. The van der Waals surface area contributed by atoms with Crippen LogP contribution in [-0.2, 0) is 19.6 Å². The van der Waals surface area contributed by atoms with E-state index in [9.17, 15) is 22.0 Å². The van der Waals surface area contributed by atoms with Crippen molar-refractivity contribution in [3.05, 3.63) is 11.0 Å². The highest BCUT2D eigenvalue weighted by atomic mass is 32.2. The van der Waals surface area contributed by atoms with Gasteiger partial charge in [0.15, 0.2) is 11.5 Å². The van der Waals surface area contributed by atoms with Crippen LogP contribution >= 0.6 is 0 Å². The molecule has 82 valence electrons. The molecule has 0 unspecified atom stereocenters. The van der Waals surface area contributed by atoms with E-state index in [1.54, 1.807) is 0 Å². The Morgan fingerprint density at radius 2 is 2.07 bits per heavy atom. The number of carbonyl (C=O) groups excluding carboxylic acids is 1. The summed E-state index contributed by atoms with van der Waals surface area (Å²) < 4.78 is 48.5. The molecule has 5 nitrogen and oxygen atoms in total. The van der Waals surface area contributed by atoms with E-state index in [1.165, 1.54) is 6.92 Å². The van der Waals surface area contributed by atoms with Crippen molar-refractivity contribution in [1.82, 2.24) is 0 Å². The van der Waals surface area contributed by atoms with Crippen LogP contribution in [0, 0.1) is 0 Å². The number of sulfonamides is 1. The van der Waals surface area contributed by atoms with Gasteiger partial charge in [0.1, 0.15) is 0 Å². The third kappa shape index (κ3) is 4.28. The first-order valence-corrected chi connectivity index (χ1v) is 4.98. The van der Waals surface area contributed by atoms with Crippen LogP contribution in [0.3, 0.4) is 0 Å². The predicted molar refractivity (Wildman–Crippen MR) is 43.8 cm³/mol. The summed E-state index contributed by atoms with van der Waals surface area (Å²) in [5.41, 5.74) is 0. The monoisotopic (exact) mass is 229 g/mol. The average Bonchev–Trinajstić information content (AvgIpc) is 1.99. The van der Waals surface area contributed by atoms with E-state index in [2.05, 4.69) is 9.88 Å². The van der Waals surface area contributed by atoms with Crippen LogP contribution in [0.15, 0.2) is 11.0 Å². The normalized spacial score (nSPS) is 13.1. The summed E-state index contributed by atoms with van der Waals surface area (Å²) in [5, 5.41) is 4.61. The molecule has 0 aliphatic carbocycles. The number of halogens is 2. The highest BCUT2D eigenvalue weighted by Crippen LogP contribution is 2.05. The van der Waals surface area contributed by atoms with Crippen molar-refractivity contribution in [2.75, 3.05) is 6.61 Å². The lowest BCUT2D eigenvalue weighted by Gasteiger charge is -2.04. The average molecular weight is 229 g/mol. The predicted octanol–water partition coefficient (Wildman–Crippen LogP) is -0.0130. The third-order valence-corrected chi connectivity index (χ3v) is 2.13. The van der Waals surface area contributed by atoms with Crippen LogP contribution in [0.25, 0.3) is 0 Å². The lowest BCUT2D eigenvalue weighted by molar-refractivity contribution is -0.142. The first-order valence-electron chi connectivity index (χ1n) is 3.43. The zero-order valence-corrected chi connectivity index (χ0v) is 8.05. The van der Waals surface area contributed by atoms with Gasteiger partial charge in [-0.3, -0.25) is 0 Å². The van der Waals surface area contributed by atoms with Gasteiger partial charge in [-0.1, -0.05) is 6.08 Å². The van der Waals surface area contributed by atoms with Gasteiger partial charge in [0, 0.05) is 0 Å². The molecule has 0 radical (unpaired) electrons. The maximum atomic E-state index is 11.6. The molecule has 0 saturated carbocycles. The molecule has 0 rings (SSSR count). The Bertz CT molecular complexity index is 336. The second-order valence-electron chi connectivity index (χ2n) is 2.19. The quantitative estimate of drug-likeness (QED) is 0.542. The smallest absolute Gasteiger partial charge is 0.351 e. The molecule has 0 atom stereocenters. The molecule has 0 aromatic carbocycles. The molecular formula is C6H9F2NO4S. The van der Waals surface area contributed by atoms with Crippen molar-refractivity contribution in [2.24, 2.45) is 5.14 Å². The molecule has 0 heterocycles. The minimum atomic E-state index is -4.22. The molecular weight excluding hydrogens is 220 g/mol. The summed E-state index contributed by atoms with van der Waals surface area (Å²) in [6, 6.07) is 0. The van der Waals surface area contributed by atoms with E-state index in [-0.39, 0.29) is 0 Å². The van der Waals surface area contributed by atoms with Gasteiger partial charge in [-0.25, -0.2) is 27.1 Å². The number of carbonyl (C=O) groups is 1. The van der Waals surface area contributed by atoms with Gasteiger partial charge in [-0.05, 0) is 6.92 Å². The van der Waals surface area contributed by atoms with Crippen molar-refractivity contribution >= 4 is 16.0 Å². The number of alkyl halides is 2. The summed E-state index contributed by atoms with van der Waals surface area (Å²) in [5.74, 6) is -1.38. The Morgan fingerprint density at radius 3 is 2.36 bits per heavy atom. The second-order valence-corrected chi connectivity index (χ2v) is 3.72. The topological polar surface area (TPSA) is 86.5 Å². The molecule has 0 fully saturated rings. The van der Waals surface area contributed by atoms with Crippen molar-refractivity contribution in [3.63, 3.8) is 0 Å². The van der Waals surface area contributed by atoms with E-state index in [0.29, 0.717) is 0 Å². The van der Waals surface area contributed by atoms with Crippen LogP contribution in [0.5, 0.6) is 0 Å². The molecule has 0 saturated heterocycles. The number of hydrogen-bond donors (Lipinski definition) is 1. The minimum Gasteiger partial charge on any atom is -0.455 e. The van der Waals surface area contributed by atoms with Crippen molar-refractivity contribution < 1.29 is 26.7 Å². The highest BCUT2D eigenvalue weighted by molar-refractivity contribution is 7.94. The molecule has 0 spiro atoms. The lowest BCUT2D eigenvalue weighted by Crippen LogP contribution is -2.24. The van der Waals surface area contributed by atoms with E-state index >= 15 is 0 Å². The summed E-state index contributed by atoms with van der Waals surface area (Å²) >= 11 is 0. The number of primary sulfonamides is 1. The summed E-state index contributed by atoms with van der Waals surface area (Å²) in [4.78, 5) is 10.0. The van der Waals surface area contributed by atoms with E-state index in [4.69, 9.17) is 0 Å². The Morgan fingerprint density at radius 1 is 1.57 bits per heavy atom.